The molecule has 6 N–H and O–H groups in total. The van der Waals surface area contributed by atoms with E-state index in [4.69, 9.17) is 5.11 Å². The number of thioether (sulfide) groups is 1. The van der Waals surface area contributed by atoms with Gasteiger partial charge in [-0.05, 0) is 44.7 Å². The van der Waals surface area contributed by atoms with E-state index in [1.54, 1.807) is 0 Å². The van der Waals surface area contributed by atoms with Gasteiger partial charge in [0.2, 0.25) is 17.7 Å². The van der Waals surface area contributed by atoms with Crippen molar-refractivity contribution < 1.29 is 29.4 Å². The van der Waals surface area contributed by atoms with Gasteiger partial charge in [-0.1, -0.05) is 0 Å². The Kier molecular flexibility index (Phi) is 10.1. The number of aliphatic hydroxyl groups is 1. The van der Waals surface area contributed by atoms with Gasteiger partial charge in [-0.2, -0.15) is 11.8 Å². The lowest BCUT2D eigenvalue weighted by Gasteiger charge is -2.23. The molecule has 154 valence electrons. The summed E-state index contributed by atoms with van der Waals surface area (Å²) in [5, 5.41) is 28.5. The zero-order chi connectivity index (χ0) is 20.4. The smallest absolute Gasteiger partial charge is 0.325 e. The van der Waals surface area contributed by atoms with Crippen LogP contribution >= 0.6 is 11.8 Å². The average Bonchev–Trinajstić information content (AvgIpc) is 3.17. The molecule has 4 atom stereocenters. The number of carboxylic acid groups (broad SMARTS) is 1. The van der Waals surface area contributed by atoms with Gasteiger partial charge >= 0.3 is 5.97 Å². The van der Waals surface area contributed by atoms with Crippen molar-refractivity contribution in [1.82, 2.24) is 21.3 Å². The van der Waals surface area contributed by atoms with E-state index in [9.17, 15) is 24.3 Å². The Morgan fingerprint density at radius 2 is 1.81 bits per heavy atom. The first kappa shape index (κ1) is 23.2. The predicted octanol–water partition coefficient (Wildman–Crippen LogP) is -1.96. The SMILES string of the molecule is CSCCC(NC(=O)C1CCCN1)C(=O)NC(CO)C(=O)NC(C)C(=O)O. The molecule has 1 aliphatic heterocycles. The highest BCUT2D eigenvalue weighted by Crippen LogP contribution is 2.07. The predicted molar refractivity (Wildman–Crippen MR) is 100 cm³/mol. The third-order valence-electron chi connectivity index (χ3n) is 4.17. The van der Waals surface area contributed by atoms with Crippen molar-refractivity contribution in [2.24, 2.45) is 0 Å². The lowest BCUT2D eigenvalue weighted by Crippen LogP contribution is -2.57. The summed E-state index contributed by atoms with van der Waals surface area (Å²) in [6.07, 6.45) is 3.80. The van der Waals surface area contributed by atoms with Crippen molar-refractivity contribution >= 4 is 35.5 Å². The number of carbonyl (C=O) groups excluding carboxylic acids is 3. The van der Waals surface area contributed by atoms with Crippen LogP contribution in [-0.4, -0.2) is 83.2 Å². The summed E-state index contributed by atoms with van der Waals surface area (Å²) in [6.45, 7) is 1.32. The van der Waals surface area contributed by atoms with Crippen LogP contribution in [0.4, 0.5) is 0 Å². The van der Waals surface area contributed by atoms with E-state index in [1.165, 1.54) is 18.7 Å². The number of carboxylic acids is 1. The fraction of sp³-hybridized carbons (Fsp3) is 0.750. The van der Waals surface area contributed by atoms with Gasteiger partial charge in [-0.25, -0.2) is 0 Å². The molecule has 1 aliphatic rings. The van der Waals surface area contributed by atoms with Gasteiger partial charge in [0.05, 0.1) is 12.6 Å². The van der Waals surface area contributed by atoms with Crippen LogP contribution in [0.25, 0.3) is 0 Å². The minimum Gasteiger partial charge on any atom is -0.480 e. The molecule has 0 saturated carbocycles. The molecule has 27 heavy (non-hydrogen) atoms. The molecule has 1 saturated heterocycles. The van der Waals surface area contributed by atoms with Crippen LogP contribution in [0.15, 0.2) is 0 Å². The fourth-order valence-corrected chi connectivity index (χ4v) is 3.00. The van der Waals surface area contributed by atoms with Crippen molar-refractivity contribution in [2.45, 2.75) is 50.4 Å². The molecule has 0 aromatic carbocycles. The van der Waals surface area contributed by atoms with Crippen LogP contribution in [0.1, 0.15) is 26.2 Å². The molecule has 11 heteroatoms. The third kappa shape index (κ3) is 7.73. The topological polar surface area (TPSA) is 157 Å². The van der Waals surface area contributed by atoms with Gasteiger partial charge < -0.3 is 31.5 Å². The second-order valence-electron chi connectivity index (χ2n) is 6.30. The zero-order valence-corrected chi connectivity index (χ0v) is 16.3. The normalized spacial score (nSPS) is 19.6. The highest BCUT2D eigenvalue weighted by atomic mass is 32.2. The third-order valence-corrected chi connectivity index (χ3v) is 4.81. The molecule has 0 bridgehead atoms. The van der Waals surface area contributed by atoms with Gasteiger partial charge in [0.15, 0.2) is 0 Å². The number of aliphatic hydroxyl groups excluding tert-OH is 1. The van der Waals surface area contributed by atoms with Crippen LogP contribution in [0, 0.1) is 0 Å². The summed E-state index contributed by atoms with van der Waals surface area (Å²) in [5.74, 6) is -2.32. The highest BCUT2D eigenvalue weighted by Gasteiger charge is 2.30. The quantitative estimate of drug-likeness (QED) is 0.232. The molecular formula is C16H28N4O6S. The van der Waals surface area contributed by atoms with Crippen LogP contribution in [0.2, 0.25) is 0 Å². The van der Waals surface area contributed by atoms with Crippen molar-refractivity contribution in [2.75, 3.05) is 25.2 Å². The maximum Gasteiger partial charge on any atom is 0.325 e. The van der Waals surface area contributed by atoms with E-state index in [-0.39, 0.29) is 11.9 Å². The van der Waals surface area contributed by atoms with E-state index in [1.807, 2.05) is 6.26 Å². The maximum absolute atomic E-state index is 12.5. The summed E-state index contributed by atoms with van der Waals surface area (Å²) < 4.78 is 0. The largest absolute Gasteiger partial charge is 0.480 e. The number of amides is 3. The molecule has 10 nitrogen and oxygen atoms in total. The first-order chi connectivity index (χ1) is 12.8. The van der Waals surface area contributed by atoms with E-state index >= 15 is 0 Å². The Balaban J connectivity index is 2.70. The molecule has 0 aliphatic carbocycles. The van der Waals surface area contributed by atoms with Gasteiger partial charge in [-0.15, -0.1) is 0 Å². The minimum atomic E-state index is -1.31. The number of rotatable bonds is 11. The van der Waals surface area contributed by atoms with Crippen LogP contribution in [-0.2, 0) is 19.2 Å². The Bertz CT molecular complexity index is 541. The van der Waals surface area contributed by atoms with E-state index < -0.39 is 42.5 Å². The van der Waals surface area contributed by atoms with E-state index in [0.717, 1.165) is 13.0 Å². The zero-order valence-electron chi connectivity index (χ0n) is 15.5. The number of aliphatic carboxylic acids is 1. The van der Waals surface area contributed by atoms with Gasteiger partial charge in [0.25, 0.3) is 0 Å². The summed E-state index contributed by atoms with van der Waals surface area (Å²) in [5.41, 5.74) is 0. The average molecular weight is 404 g/mol. The Hall–Kier alpha value is -1.85. The molecule has 3 amide bonds. The first-order valence-electron chi connectivity index (χ1n) is 8.77. The number of hydrogen-bond acceptors (Lipinski definition) is 7. The summed E-state index contributed by atoms with van der Waals surface area (Å²) in [4.78, 5) is 47.7. The van der Waals surface area contributed by atoms with Crippen molar-refractivity contribution in [3.05, 3.63) is 0 Å². The summed E-state index contributed by atoms with van der Waals surface area (Å²) >= 11 is 1.51. The van der Waals surface area contributed by atoms with Crippen LogP contribution in [0.5, 0.6) is 0 Å². The van der Waals surface area contributed by atoms with E-state index in [0.29, 0.717) is 18.6 Å². The second kappa shape index (κ2) is 11.8. The Morgan fingerprint density at radius 3 is 2.33 bits per heavy atom. The van der Waals surface area contributed by atoms with Gasteiger partial charge in [0.1, 0.15) is 18.1 Å². The van der Waals surface area contributed by atoms with Crippen molar-refractivity contribution in [1.29, 1.82) is 0 Å². The summed E-state index contributed by atoms with van der Waals surface area (Å²) in [6, 6.07) is -3.67. The lowest BCUT2D eigenvalue weighted by molar-refractivity contribution is -0.142. The molecule has 1 heterocycles. The second-order valence-corrected chi connectivity index (χ2v) is 7.29. The minimum absolute atomic E-state index is 0.279. The highest BCUT2D eigenvalue weighted by molar-refractivity contribution is 7.98. The lowest BCUT2D eigenvalue weighted by atomic mass is 10.1. The van der Waals surface area contributed by atoms with Crippen LogP contribution in [0.3, 0.4) is 0 Å². The van der Waals surface area contributed by atoms with Gasteiger partial charge in [-0.3, -0.25) is 19.2 Å². The van der Waals surface area contributed by atoms with Gasteiger partial charge in [0, 0.05) is 0 Å². The maximum atomic E-state index is 12.5. The van der Waals surface area contributed by atoms with Crippen molar-refractivity contribution in [3.8, 4) is 0 Å². The number of carbonyl (C=O) groups is 4. The molecular weight excluding hydrogens is 376 g/mol. The first-order valence-corrected chi connectivity index (χ1v) is 10.2. The molecule has 4 unspecified atom stereocenters. The summed E-state index contributed by atoms with van der Waals surface area (Å²) in [7, 11) is 0. The Labute approximate surface area is 162 Å². The molecule has 1 rings (SSSR count). The molecule has 1 fully saturated rings. The molecule has 0 aromatic rings. The van der Waals surface area contributed by atoms with E-state index in [2.05, 4.69) is 21.3 Å². The van der Waals surface area contributed by atoms with Crippen molar-refractivity contribution in [3.63, 3.8) is 0 Å². The molecule has 0 radical (unpaired) electrons. The molecule has 0 aromatic heterocycles. The van der Waals surface area contributed by atoms with Crippen LogP contribution < -0.4 is 21.3 Å². The number of hydrogen-bond donors (Lipinski definition) is 6. The Morgan fingerprint density at radius 1 is 1.15 bits per heavy atom. The monoisotopic (exact) mass is 404 g/mol. The number of nitrogens with one attached hydrogen (secondary N) is 4. The molecule has 0 spiro atoms. The standard InChI is InChI=1S/C16H28N4O6S/c1-9(16(25)26)18-15(24)12(8-21)20-14(23)11(5-7-27-2)19-13(22)10-4-3-6-17-10/h9-12,17,21H,3-8H2,1-2H3,(H,18,24)(H,19,22)(H,20,23)(H,25,26). The fourth-order valence-electron chi connectivity index (χ4n) is 2.53.